The van der Waals surface area contributed by atoms with Gasteiger partial charge >= 0.3 is 11.9 Å². The first kappa shape index (κ1) is 17.1. The average molecular weight is 333 g/mol. The molecule has 1 aliphatic rings. The summed E-state index contributed by atoms with van der Waals surface area (Å²) >= 11 is 0. The second-order valence-electron chi connectivity index (χ2n) is 4.83. The molecule has 0 fully saturated rings. The summed E-state index contributed by atoms with van der Waals surface area (Å²) in [6.07, 6.45) is 5.14. The first-order valence-corrected chi connectivity index (χ1v) is 6.95. The molecule has 126 valence electrons. The van der Waals surface area contributed by atoms with Gasteiger partial charge in [0.05, 0.1) is 6.42 Å². The number of carbonyl (C=O) groups is 3. The molecule has 0 saturated heterocycles. The second kappa shape index (κ2) is 7.82. The van der Waals surface area contributed by atoms with Gasteiger partial charge in [0.15, 0.2) is 11.5 Å². The monoisotopic (exact) mass is 333 g/mol. The van der Waals surface area contributed by atoms with Gasteiger partial charge in [-0.2, -0.15) is 0 Å². The van der Waals surface area contributed by atoms with Crippen LogP contribution in [-0.4, -0.2) is 40.9 Å². The van der Waals surface area contributed by atoms with Gasteiger partial charge in [0, 0.05) is 6.08 Å². The van der Waals surface area contributed by atoms with Gasteiger partial charge in [0.2, 0.25) is 12.7 Å². The lowest BCUT2D eigenvalue weighted by Crippen LogP contribution is -2.41. The zero-order chi connectivity index (χ0) is 17.5. The van der Waals surface area contributed by atoms with Crippen molar-refractivity contribution in [2.75, 3.05) is 6.79 Å². The minimum Gasteiger partial charge on any atom is -0.481 e. The number of nitrogens with one attached hydrogen (secondary N) is 1. The number of carboxylic acid groups (broad SMARTS) is 2. The maximum absolute atomic E-state index is 11.6. The highest BCUT2D eigenvalue weighted by molar-refractivity contribution is 5.92. The van der Waals surface area contributed by atoms with Gasteiger partial charge < -0.3 is 25.0 Å². The number of allylic oxidation sites excluding steroid dienone is 2. The molecule has 1 atom stereocenters. The van der Waals surface area contributed by atoms with E-state index in [2.05, 4.69) is 5.32 Å². The Morgan fingerprint density at radius 1 is 1.17 bits per heavy atom. The molecule has 1 heterocycles. The Morgan fingerprint density at radius 3 is 2.62 bits per heavy atom. The number of fused-ring (bicyclic) bond motifs is 1. The van der Waals surface area contributed by atoms with Gasteiger partial charge in [-0.1, -0.05) is 24.3 Å². The zero-order valence-corrected chi connectivity index (χ0v) is 12.5. The molecule has 0 bridgehead atoms. The van der Waals surface area contributed by atoms with Crippen LogP contribution in [0.3, 0.4) is 0 Å². The fraction of sp³-hybridized carbons (Fsp3) is 0.188. The molecule has 0 saturated carbocycles. The Hall–Kier alpha value is -3.29. The van der Waals surface area contributed by atoms with Crippen molar-refractivity contribution in [3.05, 3.63) is 42.0 Å². The van der Waals surface area contributed by atoms with Crippen LogP contribution in [0.25, 0.3) is 6.08 Å². The highest BCUT2D eigenvalue weighted by Gasteiger charge is 2.21. The van der Waals surface area contributed by atoms with Crippen molar-refractivity contribution in [2.24, 2.45) is 0 Å². The molecule has 1 aromatic rings. The van der Waals surface area contributed by atoms with E-state index in [4.69, 9.17) is 19.7 Å². The third kappa shape index (κ3) is 4.87. The van der Waals surface area contributed by atoms with Crippen LogP contribution in [0.2, 0.25) is 0 Å². The Kier molecular flexibility index (Phi) is 5.56. The number of carboxylic acids is 2. The number of hydrogen-bond acceptors (Lipinski definition) is 5. The topological polar surface area (TPSA) is 122 Å². The highest BCUT2D eigenvalue weighted by Crippen LogP contribution is 2.32. The molecule has 0 unspecified atom stereocenters. The van der Waals surface area contributed by atoms with Crippen molar-refractivity contribution in [2.45, 2.75) is 12.5 Å². The lowest BCUT2D eigenvalue weighted by Gasteiger charge is -2.09. The van der Waals surface area contributed by atoms with Gasteiger partial charge in [-0.25, -0.2) is 4.79 Å². The average Bonchev–Trinajstić information content (AvgIpc) is 2.98. The summed E-state index contributed by atoms with van der Waals surface area (Å²) in [6, 6.07) is 3.88. The van der Waals surface area contributed by atoms with Gasteiger partial charge in [0.25, 0.3) is 0 Å². The third-order valence-corrected chi connectivity index (χ3v) is 3.04. The van der Waals surface area contributed by atoms with Crippen molar-refractivity contribution in [3.8, 4) is 11.5 Å². The van der Waals surface area contributed by atoms with Crippen molar-refractivity contribution in [1.29, 1.82) is 0 Å². The van der Waals surface area contributed by atoms with E-state index in [0.29, 0.717) is 11.5 Å². The summed E-state index contributed by atoms with van der Waals surface area (Å²) in [5.41, 5.74) is 0.832. The van der Waals surface area contributed by atoms with Gasteiger partial charge in [-0.3, -0.25) is 9.59 Å². The van der Waals surface area contributed by atoms with Crippen LogP contribution < -0.4 is 14.8 Å². The Morgan fingerprint density at radius 2 is 1.92 bits per heavy atom. The number of aliphatic carboxylic acids is 2. The van der Waals surface area contributed by atoms with Crippen LogP contribution in [0, 0.1) is 0 Å². The molecule has 1 amide bonds. The summed E-state index contributed by atoms with van der Waals surface area (Å²) < 4.78 is 10.4. The van der Waals surface area contributed by atoms with E-state index in [9.17, 15) is 14.4 Å². The molecule has 0 aliphatic carbocycles. The van der Waals surface area contributed by atoms with E-state index in [1.807, 2.05) is 6.07 Å². The van der Waals surface area contributed by atoms with Crippen LogP contribution in [0.15, 0.2) is 36.4 Å². The number of amides is 1. The van der Waals surface area contributed by atoms with Gasteiger partial charge in [-0.15, -0.1) is 0 Å². The molecule has 1 aliphatic heterocycles. The lowest BCUT2D eigenvalue weighted by molar-refractivity contribution is -0.146. The number of carbonyl (C=O) groups excluding carboxylic acids is 1. The molecule has 24 heavy (non-hydrogen) atoms. The number of rotatable bonds is 7. The fourth-order valence-electron chi connectivity index (χ4n) is 1.92. The Balaban J connectivity index is 1.89. The zero-order valence-electron chi connectivity index (χ0n) is 12.5. The highest BCUT2D eigenvalue weighted by atomic mass is 16.7. The van der Waals surface area contributed by atoms with Crippen LogP contribution in [0.4, 0.5) is 0 Å². The predicted molar refractivity (Wildman–Crippen MR) is 82.6 cm³/mol. The van der Waals surface area contributed by atoms with Crippen LogP contribution in [0.5, 0.6) is 11.5 Å². The van der Waals surface area contributed by atoms with E-state index in [1.54, 1.807) is 24.3 Å². The maximum atomic E-state index is 11.6. The van der Waals surface area contributed by atoms with Gasteiger partial charge in [0.1, 0.15) is 6.04 Å². The van der Waals surface area contributed by atoms with Crippen molar-refractivity contribution in [3.63, 3.8) is 0 Å². The minimum absolute atomic E-state index is 0.184. The summed E-state index contributed by atoms with van der Waals surface area (Å²) in [4.78, 5) is 33.0. The normalized spacial score (nSPS) is 14.0. The molecule has 8 heteroatoms. The van der Waals surface area contributed by atoms with E-state index in [1.165, 1.54) is 6.08 Å². The van der Waals surface area contributed by atoms with Crippen LogP contribution >= 0.6 is 0 Å². The summed E-state index contributed by atoms with van der Waals surface area (Å²) in [7, 11) is 0. The number of ether oxygens (including phenoxy) is 2. The van der Waals surface area contributed by atoms with Crippen LogP contribution in [-0.2, 0) is 14.4 Å². The van der Waals surface area contributed by atoms with E-state index < -0.39 is 30.3 Å². The predicted octanol–water partition coefficient (Wildman–Crippen LogP) is 1.03. The minimum atomic E-state index is -1.47. The fourth-order valence-corrected chi connectivity index (χ4v) is 1.92. The largest absolute Gasteiger partial charge is 0.481 e. The van der Waals surface area contributed by atoms with Gasteiger partial charge in [-0.05, 0) is 17.7 Å². The van der Waals surface area contributed by atoms with E-state index >= 15 is 0 Å². The Bertz CT molecular complexity index is 708. The van der Waals surface area contributed by atoms with Crippen LogP contribution in [0.1, 0.15) is 12.0 Å². The van der Waals surface area contributed by atoms with Crippen molar-refractivity contribution < 1.29 is 34.1 Å². The molecule has 1 aromatic carbocycles. The molecule has 8 nitrogen and oxygen atoms in total. The summed E-state index contributed by atoms with van der Waals surface area (Å²) in [5, 5.41) is 19.5. The molecular weight excluding hydrogens is 318 g/mol. The maximum Gasteiger partial charge on any atom is 0.326 e. The number of benzene rings is 1. The lowest BCUT2D eigenvalue weighted by atomic mass is 10.2. The first-order chi connectivity index (χ1) is 11.5. The number of hydrogen-bond donors (Lipinski definition) is 3. The summed E-state index contributed by atoms with van der Waals surface area (Å²) in [6.45, 7) is 0.184. The van der Waals surface area contributed by atoms with Crippen molar-refractivity contribution >= 4 is 23.9 Å². The first-order valence-electron chi connectivity index (χ1n) is 6.95. The smallest absolute Gasteiger partial charge is 0.326 e. The van der Waals surface area contributed by atoms with E-state index in [0.717, 1.165) is 11.6 Å². The molecule has 3 N–H and O–H groups in total. The quantitative estimate of drug-likeness (QED) is 0.503. The molecular formula is C16H15NO7. The van der Waals surface area contributed by atoms with E-state index in [-0.39, 0.29) is 6.79 Å². The SMILES string of the molecule is O=C(O)C[C@H](NC(=O)C=CC=Cc1ccc2c(c1)OCO2)C(=O)O. The van der Waals surface area contributed by atoms with Crippen molar-refractivity contribution in [1.82, 2.24) is 5.32 Å². The molecule has 0 spiro atoms. The molecule has 0 aromatic heterocycles. The summed E-state index contributed by atoms with van der Waals surface area (Å²) in [5.74, 6) is -2.11. The molecule has 2 rings (SSSR count). The standard InChI is InChI=1S/C16H15NO7/c18-14(17-11(16(21)22)8-15(19)20)4-2-1-3-10-5-6-12-13(7-10)24-9-23-12/h1-7,11H,8-9H2,(H,17,18)(H,19,20)(H,21,22)/t11-/m0/s1. The second-order valence-corrected chi connectivity index (χ2v) is 4.83. The Labute approximate surface area is 137 Å². The molecule has 0 radical (unpaired) electrons. The third-order valence-electron chi connectivity index (χ3n) is 3.04.